The zero-order chi connectivity index (χ0) is 17.3. The second-order valence-electron chi connectivity index (χ2n) is 5.31. The van der Waals surface area contributed by atoms with E-state index >= 15 is 0 Å². The summed E-state index contributed by atoms with van der Waals surface area (Å²) in [6, 6.07) is 9.52. The number of carboxylic acid groups (broad SMARTS) is 1. The molecule has 2 N–H and O–H groups in total. The molecule has 0 aliphatic heterocycles. The Balaban J connectivity index is 2.27. The summed E-state index contributed by atoms with van der Waals surface area (Å²) in [7, 11) is 3.08. The fourth-order valence-corrected chi connectivity index (χ4v) is 2.79. The molecule has 0 saturated heterocycles. The molecule has 1 heterocycles. The molecule has 0 atom stereocenters. The summed E-state index contributed by atoms with van der Waals surface area (Å²) < 4.78 is 24.2. The number of aromatic amines is 1. The lowest BCUT2D eigenvalue weighted by Gasteiger charge is -2.11. The molecule has 24 heavy (non-hydrogen) atoms. The molecule has 0 saturated carbocycles. The van der Waals surface area contributed by atoms with Gasteiger partial charge in [-0.25, -0.2) is 4.39 Å². The number of carboxylic acids is 1. The highest BCUT2D eigenvalue weighted by atomic mass is 19.1. The van der Waals surface area contributed by atoms with Gasteiger partial charge in [-0.05, 0) is 35.9 Å². The van der Waals surface area contributed by atoms with Crippen LogP contribution in [0.2, 0.25) is 0 Å². The molecule has 124 valence electrons. The predicted octanol–water partition coefficient (Wildman–Crippen LogP) is 3.62. The maximum atomic E-state index is 13.6. The van der Waals surface area contributed by atoms with Gasteiger partial charge in [0, 0.05) is 22.5 Å². The number of nitrogens with one attached hydrogen (secondary N) is 1. The van der Waals surface area contributed by atoms with Crippen molar-refractivity contribution < 1.29 is 23.8 Å². The number of hydrogen-bond acceptors (Lipinski definition) is 3. The first-order chi connectivity index (χ1) is 11.5. The van der Waals surface area contributed by atoms with Crippen LogP contribution < -0.4 is 9.47 Å². The Hall–Kier alpha value is -3.02. The minimum atomic E-state index is -0.992. The van der Waals surface area contributed by atoms with Crippen molar-refractivity contribution in [3.8, 4) is 22.8 Å². The van der Waals surface area contributed by atoms with Crippen LogP contribution in [0.4, 0.5) is 4.39 Å². The van der Waals surface area contributed by atoms with Gasteiger partial charge in [0.15, 0.2) is 0 Å². The summed E-state index contributed by atoms with van der Waals surface area (Å²) in [5.74, 6) is -0.249. The molecule has 0 bridgehead atoms. The van der Waals surface area contributed by atoms with Gasteiger partial charge in [0.2, 0.25) is 0 Å². The minimum Gasteiger partial charge on any atom is -0.497 e. The molecular formula is C18H16FNO4. The summed E-state index contributed by atoms with van der Waals surface area (Å²) in [5.41, 5.74) is 2.46. The van der Waals surface area contributed by atoms with Crippen LogP contribution >= 0.6 is 0 Å². The molecule has 0 amide bonds. The van der Waals surface area contributed by atoms with E-state index in [4.69, 9.17) is 9.47 Å². The number of benzene rings is 2. The Kier molecular flexibility index (Phi) is 4.12. The van der Waals surface area contributed by atoms with Gasteiger partial charge >= 0.3 is 5.97 Å². The van der Waals surface area contributed by atoms with Crippen LogP contribution in [0.3, 0.4) is 0 Å². The van der Waals surface area contributed by atoms with Crippen LogP contribution in [-0.2, 0) is 11.2 Å². The lowest BCUT2D eigenvalue weighted by Crippen LogP contribution is -2.01. The van der Waals surface area contributed by atoms with E-state index in [1.165, 1.54) is 19.2 Å². The molecule has 1 aromatic heterocycles. The first-order valence-corrected chi connectivity index (χ1v) is 7.27. The molecule has 5 nitrogen and oxygen atoms in total. The molecule has 0 radical (unpaired) electrons. The third kappa shape index (κ3) is 2.78. The van der Waals surface area contributed by atoms with Crippen molar-refractivity contribution in [1.82, 2.24) is 4.98 Å². The number of aromatic nitrogens is 1. The average Bonchev–Trinajstić information content (AvgIpc) is 2.91. The van der Waals surface area contributed by atoms with E-state index in [0.717, 1.165) is 0 Å². The number of rotatable bonds is 5. The second kappa shape index (κ2) is 6.23. The number of halogens is 1. The summed E-state index contributed by atoms with van der Waals surface area (Å²) in [6.07, 6.45) is -0.228. The first kappa shape index (κ1) is 15.9. The Bertz CT molecular complexity index is 917. The van der Waals surface area contributed by atoms with Crippen molar-refractivity contribution in [2.24, 2.45) is 0 Å². The quantitative estimate of drug-likeness (QED) is 0.750. The van der Waals surface area contributed by atoms with Crippen LogP contribution in [-0.4, -0.2) is 30.3 Å². The molecular weight excluding hydrogens is 313 g/mol. The van der Waals surface area contributed by atoms with Crippen molar-refractivity contribution in [1.29, 1.82) is 0 Å². The standard InChI is InChI=1S/C18H16FNO4/c1-23-11-4-5-12(16(8-11)24-2)18-14(9-17(21)22)13-7-10(19)3-6-15(13)20-18/h3-8,20H,9H2,1-2H3,(H,21,22). The lowest BCUT2D eigenvalue weighted by molar-refractivity contribution is -0.136. The van der Waals surface area contributed by atoms with Crippen molar-refractivity contribution in [3.05, 3.63) is 47.8 Å². The predicted molar refractivity (Wildman–Crippen MR) is 88.1 cm³/mol. The second-order valence-corrected chi connectivity index (χ2v) is 5.31. The highest BCUT2D eigenvalue weighted by molar-refractivity contribution is 5.95. The summed E-state index contributed by atoms with van der Waals surface area (Å²) in [5, 5.41) is 9.78. The highest BCUT2D eigenvalue weighted by Crippen LogP contribution is 2.38. The van der Waals surface area contributed by atoms with Crippen LogP contribution in [0.25, 0.3) is 22.2 Å². The molecule has 0 spiro atoms. The number of methoxy groups -OCH3 is 2. The molecule has 0 aliphatic carbocycles. The topological polar surface area (TPSA) is 71.6 Å². The van der Waals surface area contributed by atoms with E-state index in [2.05, 4.69) is 4.98 Å². The summed E-state index contributed by atoms with van der Waals surface area (Å²) in [6.45, 7) is 0. The zero-order valence-electron chi connectivity index (χ0n) is 13.2. The largest absolute Gasteiger partial charge is 0.497 e. The van der Waals surface area contributed by atoms with E-state index in [1.807, 2.05) is 0 Å². The van der Waals surface area contributed by atoms with E-state index in [0.29, 0.717) is 39.2 Å². The van der Waals surface area contributed by atoms with Crippen molar-refractivity contribution in [3.63, 3.8) is 0 Å². The Morgan fingerprint density at radius 1 is 1.17 bits per heavy atom. The smallest absolute Gasteiger partial charge is 0.307 e. The van der Waals surface area contributed by atoms with Gasteiger partial charge in [0.1, 0.15) is 17.3 Å². The van der Waals surface area contributed by atoms with Gasteiger partial charge in [-0.1, -0.05) is 0 Å². The number of H-pyrrole nitrogens is 1. The monoisotopic (exact) mass is 329 g/mol. The Morgan fingerprint density at radius 3 is 2.62 bits per heavy atom. The molecule has 0 aliphatic rings. The van der Waals surface area contributed by atoms with E-state index in [-0.39, 0.29) is 6.42 Å². The van der Waals surface area contributed by atoms with E-state index in [9.17, 15) is 14.3 Å². The zero-order valence-corrected chi connectivity index (χ0v) is 13.2. The van der Waals surface area contributed by atoms with Crippen LogP contribution in [0.15, 0.2) is 36.4 Å². The third-order valence-corrected chi connectivity index (χ3v) is 3.87. The van der Waals surface area contributed by atoms with Crippen LogP contribution in [0.1, 0.15) is 5.56 Å². The first-order valence-electron chi connectivity index (χ1n) is 7.27. The van der Waals surface area contributed by atoms with Gasteiger partial charge in [-0.2, -0.15) is 0 Å². The Morgan fingerprint density at radius 2 is 1.96 bits per heavy atom. The van der Waals surface area contributed by atoms with Crippen LogP contribution in [0.5, 0.6) is 11.5 Å². The van der Waals surface area contributed by atoms with E-state index in [1.54, 1.807) is 31.4 Å². The summed E-state index contributed by atoms with van der Waals surface area (Å²) >= 11 is 0. The Labute approximate surface area is 137 Å². The number of ether oxygens (including phenoxy) is 2. The fourth-order valence-electron chi connectivity index (χ4n) is 2.79. The van der Waals surface area contributed by atoms with Gasteiger partial charge in [-0.15, -0.1) is 0 Å². The SMILES string of the molecule is COc1ccc(-c2[nH]c3ccc(F)cc3c2CC(=O)O)c(OC)c1. The van der Waals surface area contributed by atoms with Crippen molar-refractivity contribution >= 4 is 16.9 Å². The van der Waals surface area contributed by atoms with Crippen LogP contribution in [0, 0.1) is 5.82 Å². The summed E-state index contributed by atoms with van der Waals surface area (Å²) in [4.78, 5) is 14.4. The number of carbonyl (C=O) groups is 1. The number of aliphatic carboxylic acids is 1. The third-order valence-electron chi connectivity index (χ3n) is 3.87. The molecule has 3 aromatic rings. The molecule has 2 aromatic carbocycles. The number of hydrogen-bond donors (Lipinski definition) is 2. The van der Waals surface area contributed by atoms with Crippen molar-refractivity contribution in [2.45, 2.75) is 6.42 Å². The molecule has 6 heteroatoms. The maximum absolute atomic E-state index is 13.6. The molecule has 0 unspecified atom stereocenters. The van der Waals surface area contributed by atoms with Gasteiger partial charge in [-0.3, -0.25) is 4.79 Å². The highest BCUT2D eigenvalue weighted by Gasteiger charge is 2.19. The van der Waals surface area contributed by atoms with Gasteiger partial charge in [0.05, 0.1) is 26.3 Å². The van der Waals surface area contributed by atoms with Gasteiger partial charge in [0.25, 0.3) is 0 Å². The lowest BCUT2D eigenvalue weighted by atomic mass is 10.0. The van der Waals surface area contributed by atoms with Gasteiger partial charge < -0.3 is 19.6 Å². The minimum absolute atomic E-state index is 0.228. The number of fused-ring (bicyclic) bond motifs is 1. The molecule has 3 rings (SSSR count). The average molecular weight is 329 g/mol. The van der Waals surface area contributed by atoms with E-state index < -0.39 is 11.8 Å². The fraction of sp³-hybridized carbons (Fsp3) is 0.167. The normalized spacial score (nSPS) is 10.8. The van der Waals surface area contributed by atoms with Crippen molar-refractivity contribution in [2.75, 3.05) is 14.2 Å². The maximum Gasteiger partial charge on any atom is 0.307 e. The molecule has 0 fully saturated rings.